The lowest BCUT2D eigenvalue weighted by Gasteiger charge is -2.03. The molecule has 0 aliphatic rings. The zero-order valence-electron chi connectivity index (χ0n) is 11.6. The zero-order chi connectivity index (χ0) is 15.8. The Morgan fingerprint density at radius 2 is 1.77 bits per heavy atom. The van der Waals surface area contributed by atoms with E-state index in [1.54, 1.807) is 36.7 Å². The lowest BCUT2D eigenvalue weighted by Crippen LogP contribution is -2.37. The van der Waals surface area contributed by atoms with E-state index in [4.69, 9.17) is 5.11 Å². The molecule has 0 aliphatic carbocycles. The SMILES string of the molecule is O=C(NCc1ccncc1)C(=O)N/N=C\c1ccc(O)cc1. The molecule has 112 valence electrons. The van der Waals surface area contributed by atoms with E-state index in [1.807, 2.05) is 0 Å². The number of amides is 2. The number of carbonyl (C=O) groups excluding carboxylic acids is 2. The summed E-state index contributed by atoms with van der Waals surface area (Å²) in [5.74, 6) is -1.50. The standard InChI is InChI=1S/C15H14N4O3/c20-13-3-1-11(2-4-13)10-18-19-15(22)14(21)17-9-12-5-7-16-8-6-12/h1-8,10,20H,9H2,(H,17,21)(H,19,22)/b18-10-. The number of nitrogens with one attached hydrogen (secondary N) is 2. The van der Waals surface area contributed by atoms with Gasteiger partial charge >= 0.3 is 11.8 Å². The van der Waals surface area contributed by atoms with Crippen molar-refractivity contribution in [2.24, 2.45) is 5.10 Å². The topological polar surface area (TPSA) is 104 Å². The van der Waals surface area contributed by atoms with Crippen LogP contribution >= 0.6 is 0 Å². The highest BCUT2D eigenvalue weighted by molar-refractivity contribution is 6.35. The lowest BCUT2D eigenvalue weighted by atomic mass is 10.2. The van der Waals surface area contributed by atoms with E-state index in [1.165, 1.54) is 18.3 Å². The van der Waals surface area contributed by atoms with E-state index in [-0.39, 0.29) is 12.3 Å². The van der Waals surface area contributed by atoms with Crippen LogP contribution in [0.1, 0.15) is 11.1 Å². The summed E-state index contributed by atoms with van der Waals surface area (Å²) in [5, 5.41) is 15.3. The van der Waals surface area contributed by atoms with Crippen molar-refractivity contribution < 1.29 is 14.7 Å². The van der Waals surface area contributed by atoms with Crippen LogP contribution < -0.4 is 10.7 Å². The molecule has 0 atom stereocenters. The van der Waals surface area contributed by atoms with Gasteiger partial charge in [-0.25, -0.2) is 5.43 Å². The van der Waals surface area contributed by atoms with Crippen molar-refractivity contribution in [3.8, 4) is 5.75 Å². The van der Waals surface area contributed by atoms with Crippen molar-refractivity contribution in [1.82, 2.24) is 15.7 Å². The molecule has 0 aliphatic heterocycles. The van der Waals surface area contributed by atoms with Gasteiger partial charge in [0.25, 0.3) is 0 Å². The monoisotopic (exact) mass is 298 g/mol. The van der Waals surface area contributed by atoms with Crippen molar-refractivity contribution in [2.75, 3.05) is 0 Å². The molecule has 0 fully saturated rings. The molecule has 2 amide bonds. The molecular weight excluding hydrogens is 284 g/mol. The van der Waals surface area contributed by atoms with Gasteiger partial charge in [0.2, 0.25) is 0 Å². The number of nitrogens with zero attached hydrogens (tertiary/aromatic N) is 2. The smallest absolute Gasteiger partial charge is 0.329 e. The summed E-state index contributed by atoms with van der Waals surface area (Å²) in [4.78, 5) is 26.9. The third kappa shape index (κ3) is 4.71. The van der Waals surface area contributed by atoms with Crippen LogP contribution in [0, 0.1) is 0 Å². The van der Waals surface area contributed by atoms with Crippen LogP contribution in [0.15, 0.2) is 53.9 Å². The van der Waals surface area contributed by atoms with Crippen LogP contribution in [0.5, 0.6) is 5.75 Å². The minimum atomic E-state index is -0.857. The van der Waals surface area contributed by atoms with Gasteiger partial charge in [-0.15, -0.1) is 0 Å². The first-order chi connectivity index (χ1) is 10.6. The summed E-state index contributed by atoms with van der Waals surface area (Å²) < 4.78 is 0. The maximum atomic E-state index is 11.6. The van der Waals surface area contributed by atoms with Gasteiger partial charge in [0, 0.05) is 18.9 Å². The van der Waals surface area contributed by atoms with Gasteiger partial charge in [-0.05, 0) is 47.5 Å². The van der Waals surface area contributed by atoms with Crippen LogP contribution in [0.25, 0.3) is 0 Å². The van der Waals surface area contributed by atoms with Crippen LogP contribution in [0.4, 0.5) is 0 Å². The minimum absolute atomic E-state index is 0.136. The van der Waals surface area contributed by atoms with Crippen molar-refractivity contribution in [3.63, 3.8) is 0 Å². The Morgan fingerprint density at radius 1 is 1.09 bits per heavy atom. The summed E-state index contributed by atoms with van der Waals surface area (Å²) >= 11 is 0. The normalized spacial score (nSPS) is 10.4. The Balaban J connectivity index is 1.79. The molecule has 7 nitrogen and oxygen atoms in total. The van der Waals surface area contributed by atoms with E-state index < -0.39 is 11.8 Å². The van der Waals surface area contributed by atoms with Crippen LogP contribution in [-0.2, 0) is 16.1 Å². The van der Waals surface area contributed by atoms with Gasteiger partial charge in [-0.3, -0.25) is 14.6 Å². The Labute approximate surface area is 126 Å². The van der Waals surface area contributed by atoms with Gasteiger partial charge in [-0.2, -0.15) is 5.10 Å². The minimum Gasteiger partial charge on any atom is -0.508 e. The zero-order valence-corrected chi connectivity index (χ0v) is 11.6. The number of hydrazone groups is 1. The fourth-order valence-electron chi connectivity index (χ4n) is 1.54. The van der Waals surface area contributed by atoms with Crippen LogP contribution in [0.3, 0.4) is 0 Å². The summed E-state index contributed by atoms with van der Waals surface area (Å²) in [6.45, 7) is 0.233. The second kappa shape index (κ2) is 7.53. The average molecular weight is 298 g/mol. The largest absolute Gasteiger partial charge is 0.508 e. The van der Waals surface area contributed by atoms with Crippen molar-refractivity contribution in [2.45, 2.75) is 6.54 Å². The van der Waals surface area contributed by atoms with Crippen molar-refractivity contribution in [1.29, 1.82) is 0 Å². The van der Waals surface area contributed by atoms with Crippen molar-refractivity contribution in [3.05, 3.63) is 59.9 Å². The number of rotatable bonds is 4. The molecule has 0 radical (unpaired) electrons. The number of hydrogen-bond acceptors (Lipinski definition) is 5. The quantitative estimate of drug-likeness (QED) is 0.435. The summed E-state index contributed by atoms with van der Waals surface area (Å²) in [6.07, 6.45) is 4.57. The highest BCUT2D eigenvalue weighted by atomic mass is 16.3. The van der Waals surface area contributed by atoms with E-state index in [9.17, 15) is 9.59 Å². The molecule has 1 aromatic carbocycles. The van der Waals surface area contributed by atoms with Crippen LogP contribution in [0.2, 0.25) is 0 Å². The predicted molar refractivity (Wildman–Crippen MR) is 79.9 cm³/mol. The van der Waals surface area contributed by atoms with Gasteiger partial charge in [0.15, 0.2) is 0 Å². The molecular formula is C15H14N4O3. The van der Waals surface area contributed by atoms with E-state index in [2.05, 4.69) is 20.8 Å². The molecule has 2 rings (SSSR count). The van der Waals surface area contributed by atoms with E-state index in [0.29, 0.717) is 5.56 Å². The predicted octanol–water partition coefficient (Wildman–Crippen LogP) is 0.554. The molecule has 0 spiro atoms. The first kappa shape index (κ1) is 15.2. The first-order valence-corrected chi connectivity index (χ1v) is 6.44. The second-order valence-corrected chi connectivity index (χ2v) is 4.33. The summed E-state index contributed by atoms with van der Waals surface area (Å²) in [5.41, 5.74) is 3.64. The number of phenolic OH excluding ortho intramolecular Hbond substituents is 1. The molecule has 7 heteroatoms. The lowest BCUT2D eigenvalue weighted by molar-refractivity contribution is -0.139. The maximum Gasteiger partial charge on any atom is 0.329 e. The average Bonchev–Trinajstić information content (AvgIpc) is 2.55. The number of carbonyl (C=O) groups is 2. The van der Waals surface area contributed by atoms with Gasteiger partial charge < -0.3 is 10.4 Å². The molecule has 22 heavy (non-hydrogen) atoms. The molecule has 0 saturated heterocycles. The summed E-state index contributed by atoms with van der Waals surface area (Å²) in [6, 6.07) is 9.69. The third-order valence-electron chi connectivity index (χ3n) is 2.68. The maximum absolute atomic E-state index is 11.6. The molecule has 0 bridgehead atoms. The number of aromatic nitrogens is 1. The Bertz CT molecular complexity index is 669. The second-order valence-electron chi connectivity index (χ2n) is 4.33. The number of pyridine rings is 1. The Morgan fingerprint density at radius 3 is 2.45 bits per heavy atom. The van der Waals surface area contributed by atoms with Gasteiger partial charge in [0.1, 0.15) is 5.75 Å². The molecule has 3 N–H and O–H groups in total. The highest BCUT2D eigenvalue weighted by Gasteiger charge is 2.11. The molecule has 2 aromatic rings. The third-order valence-corrected chi connectivity index (χ3v) is 2.68. The molecule has 1 heterocycles. The van der Waals surface area contributed by atoms with Crippen LogP contribution in [-0.4, -0.2) is 28.1 Å². The number of phenols is 1. The van der Waals surface area contributed by atoms with Gasteiger partial charge in [-0.1, -0.05) is 0 Å². The number of aromatic hydroxyl groups is 1. The fourth-order valence-corrected chi connectivity index (χ4v) is 1.54. The molecule has 0 saturated carbocycles. The first-order valence-electron chi connectivity index (χ1n) is 6.44. The number of benzene rings is 1. The van der Waals surface area contributed by atoms with Crippen molar-refractivity contribution >= 4 is 18.0 Å². The van der Waals surface area contributed by atoms with Gasteiger partial charge in [0.05, 0.1) is 6.21 Å². The Hall–Kier alpha value is -3.22. The highest BCUT2D eigenvalue weighted by Crippen LogP contribution is 2.07. The Kier molecular flexibility index (Phi) is 5.20. The number of hydrogen-bond donors (Lipinski definition) is 3. The van der Waals surface area contributed by atoms with E-state index in [0.717, 1.165) is 5.56 Å². The fraction of sp³-hybridized carbons (Fsp3) is 0.0667. The summed E-state index contributed by atoms with van der Waals surface area (Å²) in [7, 11) is 0. The molecule has 1 aromatic heterocycles. The van der Waals surface area contributed by atoms with E-state index >= 15 is 0 Å². The molecule has 0 unspecified atom stereocenters.